The molecule has 0 aliphatic carbocycles. The minimum Gasteiger partial charge on any atom is -0.459 e. The van der Waals surface area contributed by atoms with Crippen LogP contribution in [0.25, 0.3) is 0 Å². The first kappa shape index (κ1) is 12.5. The number of carbonyl (C=O) groups excluding carboxylic acids is 2. The van der Waals surface area contributed by atoms with E-state index in [1.165, 1.54) is 18.6 Å². The highest BCUT2D eigenvalue weighted by Gasteiger charge is 2.23. The van der Waals surface area contributed by atoms with E-state index in [0.29, 0.717) is 0 Å². The van der Waals surface area contributed by atoms with Crippen molar-refractivity contribution in [1.82, 2.24) is 9.88 Å². The highest BCUT2D eigenvalue weighted by Crippen LogP contribution is 2.15. The average molecular weight is 275 g/mol. The van der Waals surface area contributed by atoms with Crippen LogP contribution in [0.3, 0.4) is 0 Å². The molecular weight excluding hydrogens is 262 g/mol. The zero-order chi connectivity index (χ0) is 13.9. The number of likely N-dealkylation sites (tertiary alicyclic amines) is 1. The van der Waals surface area contributed by atoms with E-state index >= 15 is 0 Å². The predicted molar refractivity (Wildman–Crippen MR) is 68.3 cm³/mol. The molecular formula is C13H13N3O4. The van der Waals surface area contributed by atoms with E-state index in [0.717, 1.165) is 25.9 Å². The van der Waals surface area contributed by atoms with Crippen molar-refractivity contribution < 1.29 is 18.4 Å². The lowest BCUT2D eigenvalue weighted by molar-refractivity contribution is 0.0786. The summed E-state index contributed by atoms with van der Waals surface area (Å²) in [5.74, 6) is -0.502. The molecule has 0 saturated carbocycles. The van der Waals surface area contributed by atoms with Crippen molar-refractivity contribution in [2.24, 2.45) is 0 Å². The Morgan fingerprint density at radius 1 is 1.25 bits per heavy atom. The lowest BCUT2D eigenvalue weighted by Gasteiger charge is -2.12. The maximum atomic E-state index is 12.0. The van der Waals surface area contributed by atoms with Crippen LogP contribution in [0.15, 0.2) is 33.5 Å². The topological polar surface area (TPSA) is 88.6 Å². The molecule has 2 aromatic rings. The van der Waals surface area contributed by atoms with Gasteiger partial charge in [0.15, 0.2) is 11.5 Å². The maximum Gasteiger partial charge on any atom is 0.302 e. The second kappa shape index (κ2) is 5.20. The molecule has 3 heterocycles. The Hall–Kier alpha value is -2.57. The molecule has 104 valence electrons. The molecule has 0 atom stereocenters. The number of hydrogen-bond donors (Lipinski definition) is 1. The zero-order valence-corrected chi connectivity index (χ0v) is 10.7. The van der Waals surface area contributed by atoms with Gasteiger partial charge in [0.1, 0.15) is 6.26 Å². The summed E-state index contributed by atoms with van der Waals surface area (Å²) >= 11 is 0. The third-order valence-corrected chi connectivity index (χ3v) is 3.08. The first-order valence-electron chi connectivity index (χ1n) is 6.34. The van der Waals surface area contributed by atoms with E-state index in [1.54, 1.807) is 11.0 Å². The Morgan fingerprint density at radius 2 is 2.05 bits per heavy atom. The van der Waals surface area contributed by atoms with Crippen LogP contribution >= 0.6 is 0 Å². The number of anilines is 1. The molecule has 1 aliphatic rings. The van der Waals surface area contributed by atoms with E-state index in [2.05, 4.69) is 10.3 Å². The van der Waals surface area contributed by atoms with Gasteiger partial charge in [0, 0.05) is 13.1 Å². The van der Waals surface area contributed by atoms with E-state index < -0.39 is 5.91 Å². The minimum atomic E-state index is -0.475. The van der Waals surface area contributed by atoms with Gasteiger partial charge in [0.25, 0.3) is 11.8 Å². The standard InChI is InChI=1S/C13H13N3O4/c17-11(10-4-3-7-19-10)15-13-14-9(8-20-13)12(18)16-5-1-2-6-16/h3-4,7-8H,1-2,5-6H2,(H,14,15,17). The Labute approximate surface area is 114 Å². The number of nitrogens with zero attached hydrogens (tertiary/aromatic N) is 2. The van der Waals surface area contributed by atoms with Gasteiger partial charge in [-0.15, -0.1) is 0 Å². The second-order valence-electron chi connectivity index (χ2n) is 4.47. The fourth-order valence-electron chi connectivity index (χ4n) is 2.08. The number of nitrogens with one attached hydrogen (secondary N) is 1. The van der Waals surface area contributed by atoms with Crippen molar-refractivity contribution >= 4 is 17.8 Å². The van der Waals surface area contributed by atoms with Gasteiger partial charge in [-0.2, -0.15) is 4.98 Å². The van der Waals surface area contributed by atoms with Crippen LogP contribution in [0.1, 0.15) is 33.9 Å². The minimum absolute atomic E-state index is 0.0195. The number of rotatable bonds is 3. The van der Waals surface area contributed by atoms with Crippen molar-refractivity contribution in [2.45, 2.75) is 12.8 Å². The molecule has 0 spiro atoms. The number of aromatic nitrogens is 1. The summed E-state index contributed by atoms with van der Waals surface area (Å²) in [5.41, 5.74) is 0.196. The Bertz CT molecular complexity index is 611. The lowest BCUT2D eigenvalue weighted by atomic mass is 10.4. The van der Waals surface area contributed by atoms with E-state index in [4.69, 9.17) is 8.83 Å². The van der Waals surface area contributed by atoms with Crippen LogP contribution in [-0.2, 0) is 0 Å². The fourth-order valence-corrected chi connectivity index (χ4v) is 2.08. The molecule has 7 nitrogen and oxygen atoms in total. The molecule has 20 heavy (non-hydrogen) atoms. The molecule has 1 saturated heterocycles. The number of oxazole rings is 1. The molecule has 2 amide bonds. The van der Waals surface area contributed by atoms with Crippen molar-refractivity contribution in [3.8, 4) is 0 Å². The van der Waals surface area contributed by atoms with Gasteiger partial charge in [-0.05, 0) is 25.0 Å². The van der Waals surface area contributed by atoms with E-state index in [1.807, 2.05) is 0 Å². The molecule has 0 bridgehead atoms. The lowest BCUT2D eigenvalue weighted by Crippen LogP contribution is -2.27. The Morgan fingerprint density at radius 3 is 2.75 bits per heavy atom. The van der Waals surface area contributed by atoms with Crippen molar-refractivity contribution in [1.29, 1.82) is 0 Å². The van der Waals surface area contributed by atoms with Crippen LogP contribution in [0.2, 0.25) is 0 Å². The summed E-state index contributed by atoms with van der Waals surface area (Å²) in [5, 5.41) is 2.43. The number of hydrogen-bond acceptors (Lipinski definition) is 5. The monoisotopic (exact) mass is 275 g/mol. The van der Waals surface area contributed by atoms with Gasteiger partial charge >= 0.3 is 6.01 Å². The normalized spacial score (nSPS) is 14.5. The van der Waals surface area contributed by atoms with Crippen LogP contribution in [0.4, 0.5) is 6.01 Å². The van der Waals surface area contributed by atoms with Gasteiger partial charge in [-0.25, -0.2) is 0 Å². The highest BCUT2D eigenvalue weighted by molar-refractivity contribution is 6.01. The smallest absolute Gasteiger partial charge is 0.302 e. The Kier molecular flexibility index (Phi) is 3.24. The SMILES string of the molecule is O=C(Nc1nc(C(=O)N2CCCC2)co1)c1ccco1. The van der Waals surface area contributed by atoms with Gasteiger partial charge in [0.2, 0.25) is 0 Å². The van der Waals surface area contributed by atoms with Crippen LogP contribution in [-0.4, -0.2) is 34.8 Å². The van der Waals surface area contributed by atoms with Crippen LogP contribution in [0, 0.1) is 0 Å². The molecule has 1 aliphatic heterocycles. The number of carbonyl (C=O) groups is 2. The summed E-state index contributed by atoms with van der Waals surface area (Å²) in [4.78, 5) is 29.4. The molecule has 0 unspecified atom stereocenters. The first-order chi connectivity index (χ1) is 9.74. The third kappa shape index (κ3) is 2.42. The summed E-state index contributed by atoms with van der Waals surface area (Å²) < 4.78 is 10.0. The molecule has 3 rings (SSSR count). The van der Waals surface area contributed by atoms with Crippen LogP contribution < -0.4 is 5.32 Å². The molecule has 1 fully saturated rings. The van der Waals surface area contributed by atoms with E-state index in [9.17, 15) is 9.59 Å². The average Bonchev–Trinajstić information content (AvgIpc) is 3.19. The van der Waals surface area contributed by atoms with Crippen molar-refractivity contribution in [2.75, 3.05) is 18.4 Å². The summed E-state index contributed by atoms with van der Waals surface area (Å²) in [7, 11) is 0. The fraction of sp³-hybridized carbons (Fsp3) is 0.308. The van der Waals surface area contributed by atoms with E-state index in [-0.39, 0.29) is 23.4 Å². The predicted octanol–water partition coefficient (Wildman–Crippen LogP) is 1.76. The highest BCUT2D eigenvalue weighted by atomic mass is 16.4. The largest absolute Gasteiger partial charge is 0.459 e. The maximum absolute atomic E-state index is 12.0. The Balaban J connectivity index is 1.67. The second-order valence-corrected chi connectivity index (χ2v) is 4.47. The van der Waals surface area contributed by atoms with Gasteiger partial charge in [0.05, 0.1) is 6.26 Å². The molecule has 2 aromatic heterocycles. The van der Waals surface area contributed by atoms with Gasteiger partial charge < -0.3 is 13.7 Å². The number of furan rings is 1. The quantitative estimate of drug-likeness (QED) is 0.921. The molecule has 1 N–H and O–H groups in total. The first-order valence-corrected chi connectivity index (χ1v) is 6.34. The summed E-state index contributed by atoms with van der Waals surface area (Å²) in [6.45, 7) is 1.47. The van der Waals surface area contributed by atoms with Gasteiger partial charge in [-0.3, -0.25) is 14.9 Å². The summed E-state index contributed by atoms with van der Waals surface area (Å²) in [6, 6.07) is 3.11. The van der Waals surface area contributed by atoms with Crippen molar-refractivity contribution in [3.63, 3.8) is 0 Å². The zero-order valence-electron chi connectivity index (χ0n) is 10.7. The molecule has 7 heteroatoms. The number of amides is 2. The molecule has 0 aromatic carbocycles. The molecule has 0 radical (unpaired) electrons. The van der Waals surface area contributed by atoms with Crippen LogP contribution in [0.5, 0.6) is 0 Å². The van der Waals surface area contributed by atoms with Crippen molar-refractivity contribution in [3.05, 3.63) is 36.1 Å². The third-order valence-electron chi connectivity index (χ3n) is 3.08. The summed E-state index contributed by atoms with van der Waals surface area (Å²) in [6.07, 6.45) is 4.66. The van der Waals surface area contributed by atoms with Gasteiger partial charge in [-0.1, -0.05) is 0 Å².